The average molecular weight is 282 g/mol. The molecule has 0 radical (unpaired) electrons. The zero-order valence-corrected chi connectivity index (χ0v) is 11.0. The first-order chi connectivity index (χ1) is 9.47. The number of carbonyl (C=O) groups is 3. The topological polar surface area (TPSA) is 106 Å². The molecule has 0 saturated carbocycles. The van der Waals surface area contributed by atoms with Crippen LogP contribution in [0.15, 0.2) is 23.1 Å². The molecular weight excluding hydrogens is 268 g/mol. The van der Waals surface area contributed by atoms with E-state index >= 15 is 0 Å². The van der Waals surface area contributed by atoms with Crippen LogP contribution in [0.2, 0.25) is 0 Å². The molecule has 1 N–H and O–H groups in total. The first-order valence-electron chi connectivity index (χ1n) is 5.59. The number of pyridine rings is 1. The third kappa shape index (κ3) is 4.23. The number of hydrogen-bond donors (Lipinski definition) is 1. The molecule has 0 aromatic carbocycles. The first kappa shape index (κ1) is 15.4. The van der Waals surface area contributed by atoms with Gasteiger partial charge in [-0.2, -0.15) is 0 Å². The Bertz CT molecular complexity index is 527. The van der Waals surface area contributed by atoms with Gasteiger partial charge in [-0.15, -0.1) is 0 Å². The minimum absolute atomic E-state index is 0.136. The van der Waals surface area contributed by atoms with Crippen LogP contribution in [-0.4, -0.2) is 55.0 Å². The van der Waals surface area contributed by atoms with Crippen LogP contribution in [0.5, 0.6) is 0 Å². The zero-order chi connectivity index (χ0) is 15.1. The van der Waals surface area contributed by atoms with Crippen molar-refractivity contribution < 1.29 is 23.9 Å². The van der Waals surface area contributed by atoms with E-state index in [1.54, 1.807) is 0 Å². The number of methoxy groups -OCH3 is 2. The van der Waals surface area contributed by atoms with Gasteiger partial charge in [-0.25, -0.2) is 0 Å². The van der Waals surface area contributed by atoms with Crippen LogP contribution in [0.1, 0.15) is 10.4 Å². The molecule has 0 unspecified atom stereocenters. The molecule has 0 fully saturated rings. The van der Waals surface area contributed by atoms with Gasteiger partial charge in [-0.3, -0.25) is 19.2 Å². The van der Waals surface area contributed by atoms with Gasteiger partial charge in [0, 0.05) is 12.3 Å². The molecule has 1 rings (SSSR count). The summed E-state index contributed by atoms with van der Waals surface area (Å²) in [6.45, 7) is -0.798. The maximum absolute atomic E-state index is 12.1. The minimum atomic E-state index is -0.674. The normalized spacial score (nSPS) is 9.70. The van der Waals surface area contributed by atoms with Crippen molar-refractivity contribution in [1.29, 1.82) is 0 Å². The Morgan fingerprint density at radius 2 is 1.65 bits per heavy atom. The molecule has 20 heavy (non-hydrogen) atoms. The third-order valence-electron chi connectivity index (χ3n) is 2.41. The number of hydrogen-bond acceptors (Lipinski definition) is 6. The van der Waals surface area contributed by atoms with Crippen molar-refractivity contribution in [2.75, 3.05) is 27.3 Å². The Kier molecular flexibility index (Phi) is 5.45. The molecule has 0 aliphatic rings. The maximum atomic E-state index is 12.1. The number of nitrogens with zero attached hydrogens (tertiary/aromatic N) is 1. The molecule has 8 nitrogen and oxygen atoms in total. The summed E-state index contributed by atoms with van der Waals surface area (Å²) in [6, 6.07) is 2.46. The summed E-state index contributed by atoms with van der Waals surface area (Å²) in [5, 5.41) is 0. The van der Waals surface area contributed by atoms with Crippen LogP contribution in [0.25, 0.3) is 0 Å². The lowest BCUT2D eigenvalue weighted by molar-refractivity contribution is -0.144. The second-order valence-electron chi connectivity index (χ2n) is 3.76. The fraction of sp³-hybridized carbons (Fsp3) is 0.333. The maximum Gasteiger partial charge on any atom is 0.325 e. The summed E-state index contributed by atoms with van der Waals surface area (Å²) < 4.78 is 8.92. The number of aromatic nitrogens is 1. The van der Waals surface area contributed by atoms with Crippen molar-refractivity contribution in [2.24, 2.45) is 0 Å². The van der Waals surface area contributed by atoms with E-state index in [1.165, 1.54) is 32.5 Å². The van der Waals surface area contributed by atoms with Crippen LogP contribution >= 0.6 is 0 Å². The third-order valence-corrected chi connectivity index (χ3v) is 2.41. The molecule has 1 heterocycles. The predicted octanol–water partition coefficient (Wildman–Crippen LogP) is -0.837. The molecule has 0 spiro atoms. The van der Waals surface area contributed by atoms with E-state index in [2.05, 4.69) is 14.5 Å². The Morgan fingerprint density at radius 3 is 2.05 bits per heavy atom. The number of ether oxygens (including phenoxy) is 2. The number of H-pyrrole nitrogens is 1. The quantitative estimate of drug-likeness (QED) is 0.706. The number of amides is 1. The van der Waals surface area contributed by atoms with Crippen molar-refractivity contribution in [3.05, 3.63) is 34.2 Å². The fourth-order valence-corrected chi connectivity index (χ4v) is 1.37. The SMILES string of the molecule is COC(=O)CN(CC(=O)OC)C(=O)c1ccc(=O)[nH]c1. The van der Waals surface area contributed by atoms with E-state index < -0.39 is 30.9 Å². The summed E-state index contributed by atoms with van der Waals surface area (Å²) in [5.74, 6) is -1.95. The Hall–Kier alpha value is -2.64. The Balaban J connectivity index is 2.93. The van der Waals surface area contributed by atoms with Crippen molar-refractivity contribution in [3.63, 3.8) is 0 Å². The van der Waals surface area contributed by atoms with Crippen molar-refractivity contribution in [1.82, 2.24) is 9.88 Å². The highest BCUT2D eigenvalue weighted by Gasteiger charge is 2.22. The molecule has 0 aliphatic carbocycles. The highest BCUT2D eigenvalue weighted by atomic mass is 16.5. The molecule has 8 heteroatoms. The van der Waals surface area contributed by atoms with Gasteiger partial charge >= 0.3 is 11.9 Å². The largest absolute Gasteiger partial charge is 0.468 e. The van der Waals surface area contributed by atoms with E-state index in [0.29, 0.717) is 0 Å². The highest BCUT2D eigenvalue weighted by Crippen LogP contribution is 2.03. The molecule has 0 saturated heterocycles. The molecule has 0 aliphatic heterocycles. The summed E-state index contributed by atoms with van der Waals surface area (Å²) in [5.41, 5.74) is -0.230. The summed E-state index contributed by atoms with van der Waals surface area (Å²) in [7, 11) is 2.34. The molecule has 108 valence electrons. The van der Waals surface area contributed by atoms with Crippen molar-refractivity contribution >= 4 is 17.8 Å². The van der Waals surface area contributed by atoms with E-state index in [0.717, 1.165) is 4.90 Å². The van der Waals surface area contributed by atoms with Gasteiger partial charge in [0.2, 0.25) is 5.56 Å². The average Bonchev–Trinajstić information content (AvgIpc) is 2.46. The van der Waals surface area contributed by atoms with Crippen LogP contribution in [0, 0.1) is 0 Å². The standard InChI is InChI=1S/C12H14N2O6/c1-19-10(16)6-14(7-11(17)20-2)12(18)8-3-4-9(15)13-5-8/h3-5H,6-7H2,1-2H3,(H,13,15). The molecule has 1 aromatic heterocycles. The number of nitrogens with one attached hydrogen (secondary N) is 1. The lowest BCUT2D eigenvalue weighted by atomic mass is 10.2. The number of carbonyl (C=O) groups excluding carboxylic acids is 3. The molecule has 0 atom stereocenters. The van der Waals surface area contributed by atoms with Gasteiger partial charge in [0.15, 0.2) is 0 Å². The van der Waals surface area contributed by atoms with E-state index in [-0.39, 0.29) is 11.1 Å². The Labute approximate surface area is 114 Å². The lowest BCUT2D eigenvalue weighted by Gasteiger charge is -2.19. The Morgan fingerprint density at radius 1 is 1.10 bits per heavy atom. The van der Waals surface area contributed by atoms with Gasteiger partial charge < -0.3 is 19.4 Å². The molecular formula is C12H14N2O6. The van der Waals surface area contributed by atoms with E-state index in [1.807, 2.05) is 0 Å². The van der Waals surface area contributed by atoms with Gasteiger partial charge in [0.1, 0.15) is 13.1 Å². The summed E-state index contributed by atoms with van der Waals surface area (Å²) >= 11 is 0. The zero-order valence-electron chi connectivity index (χ0n) is 11.0. The second-order valence-corrected chi connectivity index (χ2v) is 3.76. The van der Waals surface area contributed by atoms with Gasteiger partial charge in [-0.05, 0) is 6.07 Å². The first-order valence-corrected chi connectivity index (χ1v) is 5.59. The number of aromatic amines is 1. The van der Waals surface area contributed by atoms with E-state index in [4.69, 9.17) is 0 Å². The summed E-state index contributed by atoms with van der Waals surface area (Å²) in [4.78, 5) is 48.9. The van der Waals surface area contributed by atoms with Crippen molar-refractivity contribution in [3.8, 4) is 0 Å². The monoisotopic (exact) mass is 282 g/mol. The van der Waals surface area contributed by atoms with Crippen LogP contribution in [-0.2, 0) is 19.1 Å². The van der Waals surface area contributed by atoms with Gasteiger partial charge in [0.25, 0.3) is 5.91 Å². The van der Waals surface area contributed by atoms with Crippen LogP contribution < -0.4 is 5.56 Å². The lowest BCUT2D eigenvalue weighted by Crippen LogP contribution is -2.40. The van der Waals surface area contributed by atoms with E-state index in [9.17, 15) is 19.2 Å². The molecule has 0 bridgehead atoms. The van der Waals surface area contributed by atoms with Crippen molar-refractivity contribution in [2.45, 2.75) is 0 Å². The van der Waals surface area contributed by atoms with Crippen LogP contribution in [0.3, 0.4) is 0 Å². The van der Waals surface area contributed by atoms with Crippen LogP contribution in [0.4, 0.5) is 0 Å². The fourth-order valence-electron chi connectivity index (χ4n) is 1.37. The van der Waals surface area contributed by atoms with Gasteiger partial charge in [-0.1, -0.05) is 0 Å². The minimum Gasteiger partial charge on any atom is -0.468 e. The van der Waals surface area contributed by atoms with Gasteiger partial charge in [0.05, 0.1) is 19.8 Å². The highest BCUT2D eigenvalue weighted by molar-refractivity contribution is 5.97. The second kappa shape index (κ2) is 7.07. The molecule has 1 amide bonds. The number of rotatable bonds is 5. The number of esters is 2. The predicted molar refractivity (Wildman–Crippen MR) is 67.0 cm³/mol. The smallest absolute Gasteiger partial charge is 0.325 e. The summed E-state index contributed by atoms with van der Waals surface area (Å²) in [6.07, 6.45) is 1.20. The molecule has 1 aromatic rings.